The molecule has 0 bridgehead atoms. The molecule has 0 aromatic heterocycles. The summed E-state index contributed by atoms with van der Waals surface area (Å²) in [4.78, 5) is 12.0. The van der Waals surface area contributed by atoms with Crippen molar-refractivity contribution >= 4 is 11.6 Å². The van der Waals surface area contributed by atoms with Crippen LogP contribution < -0.4 is 5.32 Å². The summed E-state index contributed by atoms with van der Waals surface area (Å²) in [5.74, 6) is -0.105. The number of nitrogens with one attached hydrogen (secondary N) is 1. The van der Waals surface area contributed by atoms with Gasteiger partial charge in [0.25, 0.3) is 5.91 Å². The van der Waals surface area contributed by atoms with E-state index >= 15 is 0 Å². The van der Waals surface area contributed by atoms with Crippen LogP contribution in [0.1, 0.15) is 32.8 Å². The molecule has 0 fully saturated rings. The van der Waals surface area contributed by atoms with E-state index in [0.717, 1.165) is 12.1 Å². The number of methoxy groups -OCH3 is 1. The van der Waals surface area contributed by atoms with E-state index in [-0.39, 0.29) is 5.91 Å². The number of anilines is 1. The van der Waals surface area contributed by atoms with Crippen molar-refractivity contribution in [2.24, 2.45) is 0 Å². The Morgan fingerprint density at radius 1 is 1.29 bits per heavy atom. The zero-order chi connectivity index (χ0) is 12.9. The van der Waals surface area contributed by atoms with Crippen molar-refractivity contribution in [2.45, 2.75) is 39.2 Å². The lowest BCUT2D eigenvalue weighted by molar-refractivity contribution is -0.136. The summed E-state index contributed by atoms with van der Waals surface area (Å²) in [6.45, 7) is 5.83. The Labute approximate surface area is 103 Å². The number of carbonyl (C=O) groups is 1. The first-order chi connectivity index (χ1) is 8.05. The first-order valence-corrected chi connectivity index (χ1v) is 6.01. The van der Waals surface area contributed by atoms with Crippen molar-refractivity contribution in [3.05, 3.63) is 29.8 Å². The molecular formula is C14H21NO2. The van der Waals surface area contributed by atoms with E-state index in [2.05, 4.69) is 12.2 Å². The first kappa shape index (κ1) is 13.7. The Bertz CT molecular complexity index is 366. The molecule has 0 saturated carbocycles. The fourth-order valence-corrected chi connectivity index (χ4v) is 1.48. The zero-order valence-electron chi connectivity index (χ0n) is 11.0. The zero-order valence-corrected chi connectivity index (χ0v) is 11.0. The summed E-state index contributed by atoms with van der Waals surface area (Å²) in [5.41, 5.74) is 1.31. The van der Waals surface area contributed by atoms with E-state index in [4.69, 9.17) is 4.74 Å². The second kappa shape index (κ2) is 5.82. The van der Waals surface area contributed by atoms with E-state index in [9.17, 15) is 4.79 Å². The highest BCUT2D eigenvalue weighted by molar-refractivity contribution is 5.96. The van der Waals surface area contributed by atoms with E-state index < -0.39 is 5.60 Å². The number of amides is 1. The predicted octanol–water partition coefficient (Wildman–Crippen LogP) is 3.00. The monoisotopic (exact) mass is 235 g/mol. The van der Waals surface area contributed by atoms with E-state index in [1.165, 1.54) is 5.56 Å². The van der Waals surface area contributed by atoms with Crippen LogP contribution in [0.4, 0.5) is 5.69 Å². The molecule has 94 valence electrons. The second-order valence-corrected chi connectivity index (χ2v) is 4.29. The lowest BCUT2D eigenvalue weighted by Gasteiger charge is -2.25. The lowest BCUT2D eigenvalue weighted by Crippen LogP contribution is -2.41. The average molecular weight is 235 g/mol. The molecule has 1 rings (SSSR count). The van der Waals surface area contributed by atoms with Crippen LogP contribution in [0.2, 0.25) is 0 Å². The quantitative estimate of drug-likeness (QED) is 0.852. The topological polar surface area (TPSA) is 38.3 Å². The molecule has 3 nitrogen and oxygen atoms in total. The third kappa shape index (κ3) is 3.30. The van der Waals surface area contributed by atoms with Crippen molar-refractivity contribution < 1.29 is 9.53 Å². The Morgan fingerprint density at radius 2 is 1.88 bits per heavy atom. The van der Waals surface area contributed by atoms with Gasteiger partial charge in [-0.2, -0.15) is 0 Å². The van der Waals surface area contributed by atoms with Crippen molar-refractivity contribution in [1.82, 2.24) is 0 Å². The van der Waals surface area contributed by atoms with Crippen LogP contribution in [0.5, 0.6) is 0 Å². The molecular weight excluding hydrogens is 214 g/mol. The van der Waals surface area contributed by atoms with Gasteiger partial charge in [-0.1, -0.05) is 26.0 Å². The van der Waals surface area contributed by atoms with Gasteiger partial charge in [-0.25, -0.2) is 0 Å². The normalized spacial score (nSPS) is 14.1. The van der Waals surface area contributed by atoms with E-state index in [1.54, 1.807) is 14.0 Å². The molecule has 0 radical (unpaired) electrons. The number of carbonyl (C=O) groups excluding carboxylic acids is 1. The second-order valence-electron chi connectivity index (χ2n) is 4.29. The Hall–Kier alpha value is -1.35. The molecule has 1 unspecified atom stereocenters. The standard InChI is InChI=1S/C14H21NO2/c1-5-11-7-9-12(10-8-11)15-13(16)14(3,6-2)17-4/h7-10H,5-6H2,1-4H3,(H,15,16). The number of rotatable bonds is 5. The van der Waals surface area contributed by atoms with Gasteiger partial charge < -0.3 is 10.1 Å². The van der Waals surface area contributed by atoms with Gasteiger partial charge in [-0.3, -0.25) is 4.79 Å². The number of aryl methyl sites for hydroxylation is 1. The van der Waals surface area contributed by atoms with Gasteiger partial charge in [0.2, 0.25) is 0 Å². The van der Waals surface area contributed by atoms with Crippen molar-refractivity contribution in [3.63, 3.8) is 0 Å². The molecule has 1 aromatic carbocycles. The van der Waals surface area contributed by atoms with Crippen LogP contribution in [0.3, 0.4) is 0 Å². The maximum absolute atomic E-state index is 12.0. The molecule has 1 atom stereocenters. The van der Waals surface area contributed by atoms with Crippen LogP contribution >= 0.6 is 0 Å². The van der Waals surface area contributed by atoms with Gasteiger partial charge in [0.05, 0.1) is 0 Å². The summed E-state index contributed by atoms with van der Waals surface area (Å²) in [6.07, 6.45) is 1.64. The average Bonchev–Trinajstić information content (AvgIpc) is 2.38. The number of hydrogen-bond donors (Lipinski definition) is 1. The molecule has 0 heterocycles. The highest BCUT2D eigenvalue weighted by atomic mass is 16.5. The molecule has 3 heteroatoms. The van der Waals surface area contributed by atoms with Gasteiger partial charge in [0.15, 0.2) is 0 Å². The maximum atomic E-state index is 12.0. The molecule has 17 heavy (non-hydrogen) atoms. The molecule has 0 aliphatic heterocycles. The molecule has 1 aromatic rings. The van der Waals surface area contributed by atoms with Crippen LogP contribution in [0, 0.1) is 0 Å². The van der Waals surface area contributed by atoms with Gasteiger partial charge in [-0.15, -0.1) is 0 Å². The van der Waals surface area contributed by atoms with Crippen LogP contribution in [0.15, 0.2) is 24.3 Å². The van der Waals surface area contributed by atoms with E-state index in [0.29, 0.717) is 6.42 Å². The Balaban J connectivity index is 2.73. The SMILES string of the molecule is CCc1ccc(NC(=O)C(C)(CC)OC)cc1. The largest absolute Gasteiger partial charge is 0.369 e. The fraction of sp³-hybridized carbons (Fsp3) is 0.500. The fourth-order valence-electron chi connectivity index (χ4n) is 1.48. The molecule has 1 amide bonds. The van der Waals surface area contributed by atoms with Crippen LogP contribution in [-0.4, -0.2) is 18.6 Å². The van der Waals surface area contributed by atoms with E-state index in [1.807, 2.05) is 31.2 Å². The first-order valence-electron chi connectivity index (χ1n) is 6.01. The smallest absolute Gasteiger partial charge is 0.256 e. The molecule has 1 N–H and O–H groups in total. The molecule has 0 aliphatic rings. The molecule has 0 saturated heterocycles. The minimum absolute atomic E-state index is 0.105. The van der Waals surface area contributed by atoms with Crippen molar-refractivity contribution in [3.8, 4) is 0 Å². The molecule has 0 aliphatic carbocycles. The van der Waals surface area contributed by atoms with Crippen molar-refractivity contribution in [2.75, 3.05) is 12.4 Å². The number of hydrogen-bond acceptors (Lipinski definition) is 2. The summed E-state index contributed by atoms with van der Waals surface area (Å²) in [7, 11) is 1.56. The minimum Gasteiger partial charge on any atom is -0.369 e. The van der Waals surface area contributed by atoms with Gasteiger partial charge in [0, 0.05) is 12.8 Å². The lowest BCUT2D eigenvalue weighted by atomic mass is 10.0. The Kier molecular flexibility index (Phi) is 4.70. The number of benzene rings is 1. The number of ether oxygens (including phenoxy) is 1. The van der Waals surface area contributed by atoms with Crippen LogP contribution in [0.25, 0.3) is 0 Å². The van der Waals surface area contributed by atoms with Gasteiger partial charge in [-0.05, 0) is 37.5 Å². The Morgan fingerprint density at radius 3 is 2.29 bits per heavy atom. The minimum atomic E-state index is -0.760. The summed E-state index contributed by atoms with van der Waals surface area (Å²) in [6, 6.07) is 7.88. The van der Waals surface area contributed by atoms with Gasteiger partial charge in [0.1, 0.15) is 5.60 Å². The third-order valence-electron chi connectivity index (χ3n) is 3.23. The van der Waals surface area contributed by atoms with Crippen molar-refractivity contribution in [1.29, 1.82) is 0 Å². The summed E-state index contributed by atoms with van der Waals surface area (Å²) in [5, 5.41) is 2.87. The third-order valence-corrected chi connectivity index (χ3v) is 3.23. The van der Waals surface area contributed by atoms with Gasteiger partial charge >= 0.3 is 0 Å². The highest BCUT2D eigenvalue weighted by Crippen LogP contribution is 2.18. The maximum Gasteiger partial charge on any atom is 0.256 e. The summed E-state index contributed by atoms with van der Waals surface area (Å²) < 4.78 is 5.25. The van der Waals surface area contributed by atoms with Crippen LogP contribution in [-0.2, 0) is 16.0 Å². The predicted molar refractivity (Wildman–Crippen MR) is 70.2 cm³/mol. The highest BCUT2D eigenvalue weighted by Gasteiger charge is 2.30. The summed E-state index contributed by atoms with van der Waals surface area (Å²) >= 11 is 0. The molecule has 0 spiro atoms.